The topological polar surface area (TPSA) is 183 Å². The molecule has 0 fully saturated rings. The van der Waals surface area contributed by atoms with Crippen molar-refractivity contribution in [1.82, 2.24) is 31.1 Å². The first-order chi connectivity index (χ1) is 27.9. The van der Waals surface area contributed by atoms with E-state index in [1.807, 2.05) is 54.5 Å². The summed E-state index contributed by atoms with van der Waals surface area (Å²) in [7, 11) is 2.86. The molecule has 0 aliphatic carbocycles. The maximum absolute atomic E-state index is 14.2. The van der Waals surface area contributed by atoms with Crippen LogP contribution in [0, 0.1) is 17.8 Å². The number of amides is 6. The van der Waals surface area contributed by atoms with Gasteiger partial charge in [-0.3, -0.25) is 28.8 Å². The molecular formula is C45H69ClN6O8. The number of ether oxygens (including phenoxy) is 1. The predicted octanol–water partition coefficient (Wildman–Crippen LogP) is 4.88. The van der Waals surface area contributed by atoms with Gasteiger partial charge in [-0.15, -0.1) is 0 Å². The van der Waals surface area contributed by atoms with Crippen molar-refractivity contribution in [2.75, 3.05) is 20.6 Å². The highest BCUT2D eigenvalue weighted by Gasteiger charge is 2.38. The minimum Gasteiger partial charge on any atom is -0.449 e. The van der Waals surface area contributed by atoms with Crippen molar-refractivity contribution in [2.45, 2.75) is 144 Å². The molecule has 14 nitrogen and oxygen atoms in total. The Hall–Kier alpha value is -4.72. The second-order valence-corrected chi connectivity index (χ2v) is 17.7. The Morgan fingerprint density at radius 1 is 0.950 bits per heavy atom. The van der Waals surface area contributed by atoms with Crippen LogP contribution in [0.3, 0.4) is 0 Å². The molecule has 0 saturated heterocycles. The van der Waals surface area contributed by atoms with Crippen LogP contribution < -0.4 is 21.3 Å². The molecule has 0 bridgehead atoms. The normalized spacial score (nSPS) is 26.9. The van der Waals surface area contributed by atoms with E-state index in [0.29, 0.717) is 35.4 Å². The van der Waals surface area contributed by atoms with Gasteiger partial charge in [-0.05, 0) is 96.3 Å². The molecule has 0 aromatic heterocycles. The second-order valence-electron chi connectivity index (χ2n) is 17.2. The number of nitrogens with one attached hydrogen (secondary N) is 4. The zero-order chi connectivity index (χ0) is 45.6. The van der Waals surface area contributed by atoms with Crippen molar-refractivity contribution < 1.29 is 38.3 Å². The van der Waals surface area contributed by atoms with Gasteiger partial charge in [0, 0.05) is 31.1 Å². The number of carbonyl (C=O) groups is 7. The van der Waals surface area contributed by atoms with Crippen LogP contribution >= 0.6 is 11.6 Å². The number of rotatable bonds is 7. The van der Waals surface area contributed by atoms with Crippen LogP contribution in [0.15, 0.2) is 47.6 Å². The van der Waals surface area contributed by atoms with E-state index >= 15 is 0 Å². The number of carbonyl (C=O) groups excluding carboxylic acids is 7. The Labute approximate surface area is 362 Å². The van der Waals surface area contributed by atoms with Gasteiger partial charge < -0.3 is 35.8 Å². The molecule has 60 heavy (non-hydrogen) atoms. The lowest BCUT2D eigenvalue weighted by Gasteiger charge is -2.34. The van der Waals surface area contributed by atoms with Gasteiger partial charge in [0.1, 0.15) is 23.7 Å². The Balaban J connectivity index is 2.64. The highest BCUT2D eigenvalue weighted by molar-refractivity contribution is 6.30. The molecule has 334 valence electrons. The molecule has 1 aromatic rings. The van der Waals surface area contributed by atoms with E-state index in [1.165, 1.54) is 30.8 Å². The zero-order valence-electron chi connectivity index (χ0n) is 37.9. The lowest BCUT2D eigenvalue weighted by Crippen LogP contribution is -2.62. The standard InChI is InChI=1S/C45H69ClN6O8/c1-14-27(5)37-29(7)17-16-18-30(8)43(58)60-35(23-26(3)4)39(54)47-31(9)41(56)52(13)34(24-32-19-21-33(46)22-20-32)42(57)51(12)25-36(53)48-38(28(6)15-2)40(55)50-45(10,11)44(59)49-37/h14,18-22,26,28-29,31,34-35,37-38H,15-17,23-25H2,1-13H3,(H,47,54)(H,48,53)(H,49,59)(H,50,55)/b27-14+,30-18-/t28-,29+,31+,34-,35-,37-,38+/m1/s1. The molecule has 0 spiro atoms. The van der Waals surface area contributed by atoms with Gasteiger partial charge in [0.2, 0.25) is 29.5 Å². The van der Waals surface area contributed by atoms with Crippen molar-refractivity contribution in [2.24, 2.45) is 17.8 Å². The number of benzene rings is 1. The van der Waals surface area contributed by atoms with Crippen molar-refractivity contribution in [3.05, 3.63) is 58.1 Å². The Bertz CT molecular complexity index is 1760. The lowest BCUT2D eigenvalue weighted by molar-refractivity contribution is -0.154. The first-order valence-electron chi connectivity index (χ1n) is 20.9. The second kappa shape index (κ2) is 23.3. The van der Waals surface area contributed by atoms with Crippen LogP contribution in [0.2, 0.25) is 5.02 Å². The number of likely N-dealkylation sites (N-methyl/N-ethyl adjacent to an activating group) is 2. The summed E-state index contributed by atoms with van der Waals surface area (Å²) in [6.45, 7) is 19.0. The lowest BCUT2D eigenvalue weighted by atomic mass is 9.89. The molecule has 1 aromatic carbocycles. The van der Waals surface area contributed by atoms with Gasteiger partial charge in [0.15, 0.2) is 6.10 Å². The Morgan fingerprint density at radius 3 is 2.13 bits per heavy atom. The van der Waals surface area contributed by atoms with Gasteiger partial charge in [0.25, 0.3) is 5.91 Å². The molecule has 2 rings (SSSR count). The SMILES string of the molecule is C/C=C(\C)[C@H]1NC(=O)C(C)(C)NC(=O)[C@H]([C@H](C)CC)NC(=O)CN(C)C(=O)[C@@H](Cc2ccc(Cl)cc2)N(C)C(=O)[C@H](C)NC(=O)[C@@H](CC(C)C)OC(=O)/C(C)=C\CC[C@@H]1C. The minimum absolute atomic E-state index is 0.0393. The van der Waals surface area contributed by atoms with Gasteiger partial charge in [-0.25, -0.2) is 4.79 Å². The highest BCUT2D eigenvalue weighted by Crippen LogP contribution is 2.22. The number of nitrogens with zero attached hydrogens (tertiary/aromatic N) is 2. The number of allylic oxidation sites excluding steroid dienone is 2. The van der Waals surface area contributed by atoms with E-state index in [-0.39, 0.29) is 30.6 Å². The van der Waals surface area contributed by atoms with Crippen LogP contribution in [-0.4, -0.2) is 108 Å². The molecule has 0 unspecified atom stereocenters. The van der Waals surface area contributed by atoms with Gasteiger partial charge in [0.05, 0.1) is 12.6 Å². The van der Waals surface area contributed by atoms with Crippen LogP contribution in [0.5, 0.6) is 0 Å². The summed E-state index contributed by atoms with van der Waals surface area (Å²) in [6.07, 6.45) is 4.26. The third-order valence-corrected chi connectivity index (χ3v) is 11.4. The van der Waals surface area contributed by atoms with Gasteiger partial charge in [-0.1, -0.05) is 82.5 Å². The van der Waals surface area contributed by atoms with E-state index in [2.05, 4.69) is 21.3 Å². The summed E-state index contributed by atoms with van der Waals surface area (Å²) >= 11 is 6.13. The minimum atomic E-state index is -1.39. The van der Waals surface area contributed by atoms with Crippen LogP contribution in [0.4, 0.5) is 0 Å². The third-order valence-electron chi connectivity index (χ3n) is 11.2. The fourth-order valence-electron chi connectivity index (χ4n) is 6.85. The quantitative estimate of drug-likeness (QED) is 0.221. The number of hydrogen-bond acceptors (Lipinski definition) is 8. The Morgan fingerprint density at radius 2 is 1.57 bits per heavy atom. The molecule has 6 amide bonds. The molecule has 1 aliphatic heterocycles. The van der Waals surface area contributed by atoms with E-state index < -0.39 is 83.8 Å². The van der Waals surface area contributed by atoms with Crippen molar-refractivity contribution in [3.63, 3.8) is 0 Å². The fourth-order valence-corrected chi connectivity index (χ4v) is 6.98. The average Bonchev–Trinajstić information content (AvgIpc) is 3.18. The van der Waals surface area contributed by atoms with E-state index in [0.717, 1.165) is 5.57 Å². The van der Waals surface area contributed by atoms with E-state index in [1.54, 1.807) is 51.1 Å². The van der Waals surface area contributed by atoms with Crippen molar-refractivity contribution in [3.8, 4) is 0 Å². The first kappa shape index (κ1) is 51.4. The monoisotopic (exact) mass is 856 g/mol. The Kier molecular flexibility index (Phi) is 20.0. The number of esters is 1. The zero-order valence-corrected chi connectivity index (χ0v) is 38.6. The van der Waals surface area contributed by atoms with Gasteiger partial charge in [-0.2, -0.15) is 0 Å². The highest BCUT2D eigenvalue weighted by atomic mass is 35.5. The maximum Gasteiger partial charge on any atom is 0.334 e. The number of cyclic esters (lactones) is 1. The number of halogens is 1. The molecule has 7 atom stereocenters. The van der Waals surface area contributed by atoms with Crippen LogP contribution in [0.1, 0.15) is 107 Å². The average molecular weight is 858 g/mol. The van der Waals surface area contributed by atoms with Crippen molar-refractivity contribution >= 4 is 53.0 Å². The maximum atomic E-state index is 14.2. The summed E-state index contributed by atoms with van der Waals surface area (Å²) < 4.78 is 5.73. The number of hydrogen-bond donors (Lipinski definition) is 4. The molecule has 0 saturated carbocycles. The van der Waals surface area contributed by atoms with Crippen LogP contribution in [-0.2, 0) is 44.7 Å². The van der Waals surface area contributed by atoms with E-state index in [9.17, 15) is 33.6 Å². The smallest absolute Gasteiger partial charge is 0.334 e. The molecule has 0 radical (unpaired) electrons. The predicted molar refractivity (Wildman–Crippen MR) is 233 cm³/mol. The third kappa shape index (κ3) is 15.1. The summed E-state index contributed by atoms with van der Waals surface area (Å²) in [5, 5.41) is 11.9. The molecule has 1 aliphatic rings. The summed E-state index contributed by atoms with van der Waals surface area (Å²) in [5.41, 5.74) is 0.503. The fraction of sp³-hybridized carbons (Fsp3) is 0.622. The first-order valence-corrected chi connectivity index (χ1v) is 21.3. The molecular weight excluding hydrogens is 788 g/mol. The summed E-state index contributed by atoms with van der Waals surface area (Å²) in [4.78, 5) is 99.0. The molecule has 1 heterocycles. The van der Waals surface area contributed by atoms with Gasteiger partial charge >= 0.3 is 5.97 Å². The molecule has 4 N–H and O–H groups in total. The summed E-state index contributed by atoms with van der Waals surface area (Å²) in [6, 6.07) is 3.07. The summed E-state index contributed by atoms with van der Waals surface area (Å²) in [5.74, 6) is -4.60. The van der Waals surface area contributed by atoms with Crippen LogP contribution in [0.25, 0.3) is 0 Å². The molecule has 15 heteroatoms. The van der Waals surface area contributed by atoms with E-state index in [4.69, 9.17) is 16.3 Å². The largest absolute Gasteiger partial charge is 0.449 e. The van der Waals surface area contributed by atoms with Crippen molar-refractivity contribution in [1.29, 1.82) is 0 Å².